The molecule has 2 aromatic rings. The Balaban J connectivity index is 2.27. The van der Waals surface area contributed by atoms with Gasteiger partial charge in [0.05, 0.1) is 12.8 Å². The molecule has 1 atom stereocenters. The fraction of sp³-hybridized carbons (Fsp3) is 0.250. The molecule has 0 radical (unpaired) electrons. The summed E-state index contributed by atoms with van der Waals surface area (Å²) < 4.78 is 7.57. The number of methoxy groups -OCH3 is 1. The smallest absolute Gasteiger partial charge is 0.143 e. The van der Waals surface area contributed by atoms with E-state index in [4.69, 9.17) is 4.74 Å². The van der Waals surface area contributed by atoms with E-state index in [1.165, 1.54) is 5.56 Å². The Kier molecular flexibility index (Phi) is 5.11. The van der Waals surface area contributed by atoms with E-state index in [-0.39, 0.29) is 6.04 Å². The number of benzene rings is 2. The van der Waals surface area contributed by atoms with Gasteiger partial charge in [-0.1, -0.05) is 44.0 Å². The zero-order valence-electron chi connectivity index (χ0n) is 11.7. The first-order valence-electron chi connectivity index (χ1n) is 6.37. The van der Waals surface area contributed by atoms with E-state index in [1.54, 1.807) is 7.11 Å². The molecule has 0 aliphatic heterocycles. The van der Waals surface area contributed by atoms with Crippen molar-refractivity contribution in [3.8, 4) is 5.75 Å². The van der Waals surface area contributed by atoms with Crippen molar-refractivity contribution in [2.24, 2.45) is 0 Å². The first kappa shape index (κ1) is 15.4. The van der Waals surface area contributed by atoms with Crippen LogP contribution in [0.2, 0.25) is 0 Å². The second-order valence-corrected chi connectivity index (χ2v) is 6.55. The van der Waals surface area contributed by atoms with Gasteiger partial charge in [0, 0.05) is 15.0 Å². The van der Waals surface area contributed by atoms with Gasteiger partial charge in [0.25, 0.3) is 0 Å². The minimum Gasteiger partial charge on any atom is -0.495 e. The van der Waals surface area contributed by atoms with Crippen molar-refractivity contribution in [2.45, 2.75) is 19.9 Å². The van der Waals surface area contributed by atoms with Gasteiger partial charge < -0.3 is 10.1 Å². The van der Waals surface area contributed by atoms with Crippen LogP contribution in [-0.2, 0) is 0 Å². The molecule has 1 N–H and O–H groups in total. The summed E-state index contributed by atoms with van der Waals surface area (Å²) in [4.78, 5) is 0. The summed E-state index contributed by atoms with van der Waals surface area (Å²) in [5, 5.41) is 3.53. The number of rotatable bonds is 4. The van der Waals surface area contributed by atoms with E-state index in [2.05, 4.69) is 81.4 Å². The minimum absolute atomic E-state index is 0.205. The second kappa shape index (κ2) is 6.64. The molecule has 2 nitrogen and oxygen atoms in total. The largest absolute Gasteiger partial charge is 0.495 e. The maximum atomic E-state index is 5.46. The molecule has 0 aromatic heterocycles. The average molecular weight is 399 g/mol. The highest BCUT2D eigenvalue weighted by Gasteiger charge is 2.12. The van der Waals surface area contributed by atoms with E-state index in [9.17, 15) is 0 Å². The number of nitrogens with one attached hydrogen (secondary N) is 1. The summed E-state index contributed by atoms with van der Waals surface area (Å²) in [5.74, 6) is 0.848. The molecule has 2 rings (SSSR count). The van der Waals surface area contributed by atoms with Gasteiger partial charge in [-0.3, -0.25) is 0 Å². The van der Waals surface area contributed by atoms with Crippen LogP contribution in [0.3, 0.4) is 0 Å². The molecule has 0 fully saturated rings. The molecule has 0 heterocycles. The number of hydrogen-bond acceptors (Lipinski definition) is 2. The van der Waals surface area contributed by atoms with Crippen molar-refractivity contribution < 1.29 is 4.74 Å². The molecular weight excluding hydrogens is 382 g/mol. The molecule has 0 saturated carbocycles. The summed E-state index contributed by atoms with van der Waals surface area (Å²) >= 11 is 6.95. The lowest BCUT2D eigenvalue weighted by Crippen LogP contribution is -2.09. The van der Waals surface area contributed by atoms with Crippen LogP contribution in [0.5, 0.6) is 5.75 Å². The molecule has 20 heavy (non-hydrogen) atoms. The molecule has 2 aromatic carbocycles. The molecule has 0 spiro atoms. The predicted octanol–water partition coefficient (Wildman–Crippen LogP) is 5.70. The molecule has 106 valence electrons. The van der Waals surface area contributed by atoms with Gasteiger partial charge in [-0.2, -0.15) is 0 Å². The number of anilines is 1. The zero-order chi connectivity index (χ0) is 14.7. The molecule has 0 bridgehead atoms. The maximum absolute atomic E-state index is 5.46. The number of halogens is 2. The van der Waals surface area contributed by atoms with Crippen molar-refractivity contribution in [3.63, 3.8) is 0 Å². The van der Waals surface area contributed by atoms with E-state index in [1.807, 2.05) is 6.07 Å². The fourth-order valence-electron chi connectivity index (χ4n) is 2.11. The molecule has 0 aliphatic carbocycles. The first-order chi connectivity index (χ1) is 9.51. The average Bonchev–Trinajstić information content (AvgIpc) is 2.42. The van der Waals surface area contributed by atoms with E-state index < -0.39 is 0 Å². The molecule has 0 aliphatic rings. The zero-order valence-corrected chi connectivity index (χ0v) is 14.9. The third kappa shape index (κ3) is 3.55. The van der Waals surface area contributed by atoms with Crippen molar-refractivity contribution in [1.82, 2.24) is 0 Å². The normalized spacial score (nSPS) is 12.1. The Morgan fingerprint density at radius 1 is 1.05 bits per heavy atom. The standard InChI is InChI=1S/C16H17Br2NO/c1-10-8-14(18)9-15(20-3)16(10)19-11(2)12-4-6-13(17)7-5-12/h4-9,11,19H,1-3H3. The third-order valence-electron chi connectivity index (χ3n) is 3.21. The van der Waals surface area contributed by atoms with Crippen LogP contribution in [0, 0.1) is 6.92 Å². The molecule has 0 amide bonds. The Hall–Kier alpha value is -1.00. The van der Waals surface area contributed by atoms with Crippen molar-refractivity contribution in [3.05, 3.63) is 56.5 Å². The maximum Gasteiger partial charge on any atom is 0.143 e. The Morgan fingerprint density at radius 3 is 2.30 bits per heavy atom. The van der Waals surface area contributed by atoms with Crippen molar-refractivity contribution in [2.75, 3.05) is 12.4 Å². The summed E-state index contributed by atoms with van der Waals surface area (Å²) in [6.07, 6.45) is 0. The van der Waals surface area contributed by atoms with Crippen LogP contribution in [0.25, 0.3) is 0 Å². The number of aryl methyl sites for hydroxylation is 1. The van der Waals surface area contributed by atoms with Crippen molar-refractivity contribution >= 4 is 37.5 Å². The van der Waals surface area contributed by atoms with E-state index in [0.29, 0.717) is 0 Å². The van der Waals surface area contributed by atoms with Gasteiger partial charge in [0.1, 0.15) is 5.75 Å². The summed E-state index contributed by atoms with van der Waals surface area (Å²) in [5.41, 5.74) is 3.42. The molecular formula is C16H17Br2NO. The van der Waals surface area contributed by atoms with Crippen LogP contribution in [0.1, 0.15) is 24.1 Å². The SMILES string of the molecule is COc1cc(Br)cc(C)c1NC(C)c1ccc(Br)cc1. The fourth-order valence-corrected chi connectivity index (χ4v) is 2.93. The monoisotopic (exact) mass is 397 g/mol. The molecule has 1 unspecified atom stereocenters. The number of hydrogen-bond donors (Lipinski definition) is 1. The van der Waals surface area contributed by atoms with Crippen molar-refractivity contribution in [1.29, 1.82) is 0 Å². The van der Waals surface area contributed by atoms with Gasteiger partial charge in [-0.05, 0) is 49.2 Å². The van der Waals surface area contributed by atoms with Gasteiger partial charge in [0.2, 0.25) is 0 Å². The Bertz CT molecular complexity index is 596. The van der Waals surface area contributed by atoms with Gasteiger partial charge in [-0.15, -0.1) is 0 Å². The van der Waals surface area contributed by atoms with Gasteiger partial charge in [-0.25, -0.2) is 0 Å². The predicted molar refractivity (Wildman–Crippen MR) is 91.6 cm³/mol. The lowest BCUT2D eigenvalue weighted by Gasteiger charge is -2.20. The topological polar surface area (TPSA) is 21.3 Å². The number of ether oxygens (including phenoxy) is 1. The first-order valence-corrected chi connectivity index (χ1v) is 7.96. The second-order valence-electron chi connectivity index (χ2n) is 4.72. The van der Waals surface area contributed by atoms with Gasteiger partial charge in [0.15, 0.2) is 0 Å². The van der Waals surface area contributed by atoms with E-state index >= 15 is 0 Å². The van der Waals surface area contributed by atoms with Crippen LogP contribution < -0.4 is 10.1 Å². The lowest BCUT2D eigenvalue weighted by molar-refractivity contribution is 0.415. The van der Waals surface area contributed by atoms with Crippen LogP contribution in [0.15, 0.2) is 45.3 Å². The highest BCUT2D eigenvalue weighted by molar-refractivity contribution is 9.10. The summed E-state index contributed by atoms with van der Waals surface area (Å²) in [7, 11) is 1.69. The van der Waals surface area contributed by atoms with Crippen LogP contribution in [-0.4, -0.2) is 7.11 Å². The highest BCUT2D eigenvalue weighted by Crippen LogP contribution is 2.34. The Morgan fingerprint density at radius 2 is 1.70 bits per heavy atom. The van der Waals surface area contributed by atoms with Crippen LogP contribution in [0.4, 0.5) is 5.69 Å². The quantitative estimate of drug-likeness (QED) is 0.712. The Labute approximate surface area is 136 Å². The third-order valence-corrected chi connectivity index (χ3v) is 4.20. The van der Waals surface area contributed by atoms with Crippen LogP contribution >= 0.6 is 31.9 Å². The van der Waals surface area contributed by atoms with E-state index in [0.717, 1.165) is 25.9 Å². The summed E-state index contributed by atoms with van der Waals surface area (Å²) in [6, 6.07) is 12.6. The summed E-state index contributed by atoms with van der Waals surface area (Å²) in [6.45, 7) is 4.22. The highest BCUT2D eigenvalue weighted by atomic mass is 79.9. The van der Waals surface area contributed by atoms with Gasteiger partial charge >= 0.3 is 0 Å². The molecule has 4 heteroatoms. The lowest BCUT2D eigenvalue weighted by atomic mass is 10.1. The minimum atomic E-state index is 0.205. The molecule has 0 saturated heterocycles.